The molecule has 1 aromatic carbocycles. The normalized spacial score (nSPS) is 17.1. The number of ether oxygens (including phenoxy) is 1. The molecule has 0 radical (unpaired) electrons. The van der Waals surface area contributed by atoms with Crippen molar-refractivity contribution in [2.75, 3.05) is 51.3 Å². The van der Waals surface area contributed by atoms with E-state index in [1.165, 1.54) is 5.69 Å². The van der Waals surface area contributed by atoms with Crippen LogP contribution >= 0.6 is 15.9 Å². The molecule has 100 valence electrons. The maximum Gasteiger partial charge on any atom is 0.0474 e. The van der Waals surface area contributed by atoms with E-state index in [-0.39, 0.29) is 0 Å². The average Bonchev–Trinajstić information content (AvgIpc) is 2.41. The van der Waals surface area contributed by atoms with Crippen LogP contribution < -0.4 is 4.90 Å². The van der Waals surface area contributed by atoms with Gasteiger partial charge in [0.25, 0.3) is 0 Å². The SMILES string of the molecule is COCCCN1CCN(c2ccc(Br)cc2)CC1. The molecule has 0 amide bonds. The van der Waals surface area contributed by atoms with Crippen LogP contribution in [0.5, 0.6) is 0 Å². The number of hydrogen-bond acceptors (Lipinski definition) is 3. The van der Waals surface area contributed by atoms with E-state index >= 15 is 0 Å². The molecule has 1 aliphatic heterocycles. The monoisotopic (exact) mass is 312 g/mol. The number of benzene rings is 1. The van der Waals surface area contributed by atoms with Gasteiger partial charge in [-0.15, -0.1) is 0 Å². The van der Waals surface area contributed by atoms with Gasteiger partial charge in [0.1, 0.15) is 0 Å². The molecule has 18 heavy (non-hydrogen) atoms. The number of hydrogen-bond donors (Lipinski definition) is 0. The molecule has 1 fully saturated rings. The molecule has 1 aliphatic rings. The fraction of sp³-hybridized carbons (Fsp3) is 0.571. The summed E-state index contributed by atoms with van der Waals surface area (Å²) in [4.78, 5) is 4.98. The van der Waals surface area contributed by atoms with Crippen LogP contribution in [0.25, 0.3) is 0 Å². The van der Waals surface area contributed by atoms with Crippen molar-refractivity contribution in [2.45, 2.75) is 6.42 Å². The highest BCUT2D eigenvalue weighted by Crippen LogP contribution is 2.19. The summed E-state index contributed by atoms with van der Waals surface area (Å²) in [6.45, 7) is 6.57. The van der Waals surface area contributed by atoms with Gasteiger partial charge in [-0.25, -0.2) is 0 Å². The molecule has 0 aliphatic carbocycles. The summed E-state index contributed by atoms with van der Waals surface area (Å²) < 4.78 is 6.24. The van der Waals surface area contributed by atoms with Crippen LogP contribution in [0.15, 0.2) is 28.7 Å². The summed E-state index contributed by atoms with van der Waals surface area (Å²) >= 11 is 3.48. The number of piperazine rings is 1. The van der Waals surface area contributed by atoms with Crippen LogP contribution in [0.4, 0.5) is 5.69 Å². The fourth-order valence-electron chi connectivity index (χ4n) is 2.31. The number of methoxy groups -OCH3 is 1. The van der Waals surface area contributed by atoms with Gasteiger partial charge in [0, 0.05) is 56.6 Å². The van der Waals surface area contributed by atoms with E-state index in [9.17, 15) is 0 Å². The minimum atomic E-state index is 0.868. The third-order valence-electron chi connectivity index (χ3n) is 3.39. The Bertz CT molecular complexity index is 347. The predicted molar refractivity (Wildman–Crippen MR) is 79.3 cm³/mol. The Labute approximate surface area is 118 Å². The van der Waals surface area contributed by atoms with Crippen LogP contribution in [-0.2, 0) is 4.74 Å². The fourth-order valence-corrected chi connectivity index (χ4v) is 2.58. The van der Waals surface area contributed by atoms with Crippen molar-refractivity contribution in [2.24, 2.45) is 0 Å². The summed E-state index contributed by atoms with van der Waals surface area (Å²) in [7, 11) is 1.77. The first-order chi connectivity index (χ1) is 8.79. The zero-order valence-corrected chi connectivity index (χ0v) is 12.5. The molecule has 1 saturated heterocycles. The van der Waals surface area contributed by atoms with E-state index in [0.717, 1.165) is 50.2 Å². The average molecular weight is 313 g/mol. The Morgan fingerprint density at radius 1 is 1.11 bits per heavy atom. The highest BCUT2D eigenvalue weighted by molar-refractivity contribution is 9.10. The second kappa shape index (κ2) is 7.12. The van der Waals surface area contributed by atoms with Crippen molar-refractivity contribution >= 4 is 21.6 Å². The minimum absolute atomic E-state index is 0.868. The minimum Gasteiger partial charge on any atom is -0.385 e. The van der Waals surface area contributed by atoms with Crippen LogP contribution in [0.2, 0.25) is 0 Å². The van der Waals surface area contributed by atoms with Gasteiger partial charge in [0.2, 0.25) is 0 Å². The summed E-state index contributed by atoms with van der Waals surface area (Å²) in [5, 5.41) is 0. The van der Waals surface area contributed by atoms with Crippen molar-refractivity contribution in [1.29, 1.82) is 0 Å². The van der Waals surface area contributed by atoms with E-state index < -0.39 is 0 Å². The first-order valence-corrected chi connectivity index (χ1v) is 7.31. The maximum absolute atomic E-state index is 5.09. The van der Waals surface area contributed by atoms with Crippen molar-refractivity contribution in [3.8, 4) is 0 Å². The molecule has 0 unspecified atom stereocenters. The lowest BCUT2D eigenvalue weighted by Gasteiger charge is -2.36. The zero-order chi connectivity index (χ0) is 12.8. The molecule has 2 rings (SSSR count). The number of anilines is 1. The van der Waals surface area contributed by atoms with Gasteiger partial charge in [-0.2, -0.15) is 0 Å². The third-order valence-corrected chi connectivity index (χ3v) is 3.92. The molecule has 4 heteroatoms. The van der Waals surface area contributed by atoms with Gasteiger partial charge in [-0.05, 0) is 30.7 Å². The maximum atomic E-state index is 5.09. The van der Waals surface area contributed by atoms with E-state index in [2.05, 4.69) is 50.0 Å². The van der Waals surface area contributed by atoms with Gasteiger partial charge in [0.15, 0.2) is 0 Å². The lowest BCUT2D eigenvalue weighted by molar-refractivity contribution is 0.169. The molecule has 0 saturated carbocycles. The number of nitrogens with zero attached hydrogens (tertiary/aromatic N) is 2. The largest absolute Gasteiger partial charge is 0.385 e. The molecule has 1 aromatic rings. The highest BCUT2D eigenvalue weighted by Gasteiger charge is 2.16. The van der Waals surface area contributed by atoms with Crippen molar-refractivity contribution < 1.29 is 4.74 Å². The quantitative estimate of drug-likeness (QED) is 0.777. The van der Waals surface area contributed by atoms with Gasteiger partial charge >= 0.3 is 0 Å². The van der Waals surface area contributed by atoms with Crippen molar-refractivity contribution in [3.05, 3.63) is 28.7 Å². The Kier molecular flexibility index (Phi) is 5.47. The Morgan fingerprint density at radius 3 is 2.39 bits per heavy atom. The molecule has 1 heterocycles. The third kappa shape index (κ3) is 3.97. The molecule has 0 spiro atoms. The Hall–Kier alpha value is -0.580. The molecular formula is C14H21BrN2O. The van der Waals surface area contributed by atoms with Gasteiger partial charge in [0.05, 0.1) is 0 Å². The zero-order valence-electron chi connectivity index (χ0n) is 10.9. The van der Waals surface area contributed by atoms with E-state index in [0.29, 0.717) is 0 Å². The molecule has 0 N–H and O–H groups in total. The summed E-state index contributed by atoms with van der Waals surface area (Å²) in [6, 6.07) is 8.59. The molecule has 0 aromatic heterocycles. The van der Waals surface area contributed by atoms with Crippen LogP contribution in [0, 0.1) is 0 Å². The smallest absolute Gasteiger partial charge is 0.0474 e. The summed E-state index contributed by atoms with van der Waals surface area (Å²) in [6.07, 6.45) is 1.13. The molecular weight excluding hydrogens is 292 g/mol. The molecule has 0 bridgehead atoms. The van der Waals surface area contributed by atoms with Gasteiger partial charge in [-0.1, -0.05) is 15.9 Å². The van der Waals surface area contributed by atoms with Gasteiger partial charge < -0.3 is 9.64 Å². The lowest BCUT2D eigenvalue weighted by Crippen LogP contribution is -2.46. The predicted octanol–water partition coefficient (Wildman–Crippen LogP) is 2.61. The molecule has 0 atom stereocenters. The van der Waals surface area contributed by atoms with Crippen molar-refractivity contribution in [3.63, 3.8) is 0 Å². The van der Waals surface area contributed by atoms with E-state index in [4.69, 9.17) is 4.74 Å². The topological polar surface area (TPSA) is 15.7 Å². The first kappa shape index (κ1) is 13.8. The lowest BCUT2D eigenvalue weighted by atomic mass is 10.2. The number of rotatable bonds is 5. The standard InChI is InChI=1S/C14H21BrN2O/c1-18-12-2-7-16-8-10-17(11-9-16)14-5-3-13(15)4-6-14/h3-6H,2,7-12H2,1H3. The van der Waals surface area contributed by atoms with E-state index in [1.54, 1.807) is 7.11 Å². The van der Waals surface area contributed by atoms with Crippen LogP contribution in [-0.4, -0.2) is 51.3 Å². The Morgan fingerprint density at radius 2 is 1.78 bits per heavy atom. The van der Waals surface area contributed by atoms with Crippen LogP contribution in [0.1, 0.15) is 6.42 Å². The summed E-state index contributed by atoms with van der Waals surface area (Å²) in [5.74, 6) is 0. The second-order valence-electron chi connectivity index (χ2n) is 4.65. The first-order valence-electron chi connectivity index (χ1n) is 6.51. The van der Waals surface area contributed by atoms with Gasteiger partial charge in [-0.3, -0.25) is 4.90 Å². The van der Waals surface area contributed by atoms with E-state index in [1.807, 2.05) is 0 Å². The summed E-state index contributed by atoms with van der Waals surface area (Å²) in [5.41, 5.74) is 1.33. The van der Waals surface area contributed by atoms with Crippen molar-refractivity contribution in [1.82, 2.24) is 4.90 Å². The Balaban J connectivity index is 1.77. The molecule has 3 nitrogen and oxygen atoms in total. The van der Waals surface area contributed by atoms with Crippen LogP contribution in [0.3, 0.4) is 0 Å². The number of halogens is 1. The highest BCUT2D eigenvalue weighted by atomic mass is 79.9. The second-order valence-corrected chi connectivity index (χ2v) is 5.57.